The van der Waals surface area contributed by atoms with Crippen LogP contribution in [-0.2, 0) is 10.2 Å². The summed E-state index contributed by atoms with van der Waals surface area (Å²) in [5, 5.41) is 3.11. The highest BCUT2D eigenvalue weighted by Gasteiger charge is 2.20. The molecule has 21 heavy (non-hydrogen) atoms. The van der Waals surface area contributed by atoms with Crippen LogP contribution in [0.4, 0.5) is 0 Å². The summed E-state index contributed by atoms with van der Waals surface area (Å²) < 4.78 is 10.2. The SMILES string of the molecule is COCC(C)NC(N)=NCC(C)(C)c1ccc(OC)cc1. The smallest absolute Gasteiger partial charge is 0.188 e. The van der Waals surface area contributed by atoms with Crippen LogP contribution in [0.15, 0.2) is 29.3 Å². The molecule has 0 aliphatic heterocycles. The third-order valence-electron chi connectivity index (χ3n) is 3.33. The minimum atomic E-state index is -0.0942. The van der Waals surface area contributed by atoms with Crippen LogP contribution >= 0.6 is 0 Å². The monoisotopic (exact) mass is 293 g/mol. The normalized spacial score (nSPS) is 13.9. The second kappa shape index (κ2) is 7.88. The van der Waals surface area contributed by atoms with E-state index in [2.05, 4.69) is 36.3 Å². The van der Waals surface area contributed by atoms with Crippen LogP contribution in [0, 0.1) is 0 Å². The molecule has 0 spiro atoms. The number of hydrogen-bond acceptors (Lipinski definition) is 3. The van der Waals surface area contributed by atoms with Gasteiger partial charge in [-0.05, 0) is 24.6 Å². The Balaban J connectivity index is 2.65. The van der Waals surface area contributed by atoms with E-state index in [1.807, 2.05) is 19.1 Å². The molecule has 0 aliphatic carbocycles. The first-order valence-electron chi connectivity index (χ1n) is 7.09. The van der Waals surface area contributed by atoms with Crippen molar-refractivity contribution in [3.05, 3.63) is 29.8 Å². The number of nitrogens with two attached hydrogens (primary N) is 1. The van der Waals surface area contributed by atoms with Crippen molar-refractivity contribution in [1.29, 1.82) is 0 Å². The first-order chi connectivity index (χ1) is 9.89. The minimum Gasteiger partial charge on any atom is -0.497 e. The molecule has 0 saturated heterocycles. The highest BCUT2D eigenvalue weighted by Crippen LogP contribution is 2.25. The van der Waals surface area contributed by atoms with Crippen molar-refractivity contribution in [3.63, 3.8) is 0 Å². The number of guanidine groups is 1. The van der Waals surface area contributed by atoms with Crippen LogP contribution < -0.4 is 15.8 Å². The van der Waals surface area contributed by atoms with Gasteiger partial charge in [0.25, 0.3) is 0 Å². The Bertz CT molecular complexity index is 455. The number of nitrogens with one attached hydrogen (secondary N) is 1. The van der Waals surface area contributed by atoms with Gasteiger partial charge in [-0.15, -0.1) is 0 Å². The lowest BCUT2D eigenvalue weighted by atomic mass is 9.85. The summed E-state index contributed by atoms with van der Waals surface area (Å²) in [6.45, 7) is 7.49. The highest BCUT2D eigenvalue weighted by atomic mass is 16.5. The Morgan fingerprint density at radius 1 is 1.29 bits per heavy atom. The fourth-order valence-electron chi connectivity index (χ4n) is 2.01. The van der Waals surface area contributed by atoms with E-state index >= 15 is 0 Å². The van der Waals surface area contributed by atoms with Gasteiger partial charge in [-0.2, -0.15) is 0 Å². The van der Waals surface area contributed by atoms with Gasteiger partial charge in [-0.1, -0.05) is 26.0 Å². The molecule has 0 aromatic heterocycles. The quantitative estimate of drug-likeness (QED) is 0.595. The van der Waals surface area contributed by atoms with Gasteiger partial charge in [0.1, 0.15) is 5.75 Å². The number of methoxy groups -OCH3 is 2. The lowest BCUT2D eigenvalue weighted by Crippen LogP contribution is -2.41. The zero-order valence-corrected chi connectivity index (χ0v) is 13.6. The molecule has 0 bridgehead atoms. The van der Waals surface area contributed by atoms with Crippen molar-refractivity contribution in [3.8, 4) is 5.75 Å². The van der Waals surface area contributed by atoms with Gasteiger partial charge in [0.05, 0.1) is 20.3 Å². The number of hydrogen-bond donors (Lipinski definition) is 2. The second-order valence-corrected chi connectivity index (χ2v) is 5.81. The maximum absolute atomic E-state index is 5.90. The molecule has 1 atom stereocenters. The van der Waals surface area contributed by atoms with Gasteiger partial charge < -0.3 is 20.5 Å². The average molecular weight is 293 g/mol. The molecule has 1 unspecified atom stereocenters. The van der Waals surface area contributed by atoms with E-state index in [9.17, 15) is 0 Å². The summed E-state index contributed by atoms with van der Waals surface area (Å²) in [4.78, 5) is 4.43. The standard InChI is InChI=1S/C16H27N3O2/c1-12(10-20-4)19-15(17)18-11-16(2,3)13-6-8-14(21-5)9-7-13/h6-9,12H,10-11H2,1-5H3,(H3,17,18,19). The number of ether oxygens (including phenoxy) is 2. The summed E-state index contributed by atoms with van der Waals surface area (Å²) in [6.07, 6.45) is 0. The molecule has 1 rings (SSSR count). The molecule has 118 valence electrons. The Morgan fingerprint density at radius 2 is 1.90 bits per heavy atom. The molecule has 0 amide bonds. The summed E-state index contributed by atoms with van der Waals surface area (Å²) in [5.74, 6) is 1.30. The summed E-state index contributed by atoms with van der Waals surface area (Å²) >= 11 is 0. The molecule has 0 radical (unpaired) electrons. The van der Waals surface area contributed by atoms with Crippen LogP contribution in [-0.4, -0.2) is 39.4 Å². The molecular formula is C16H27N3O2. The zero-order chi connectivity index (χ0) is 15.9. The molecule has 0 fully saturated rings. The molecule has 0 heterocycles. The van der Waals surface area contributed by atoms with Gasteiger partial charge in [0.15, 0.2) is 5.96 Å². The van der Waals surface area contributed by atoms with E-state index in [-0.39, 0.29) is 11.5 Å². The van der Waals surface area contributed by atoms with Gasteiger partial charge in [-0.25, -0.2) is 0 Å². The lowest BCUT2D eigenvalue weighted by Gasteiger charge is -2.24. The van der Waals surface area contributed by atoms with E-state index in [1.165, 1.54) is 5.56 Å². The number of aliphatic imine (C=N–C) groups is 1. The van der Waals surface area contributed by atoms with Crippen LogP contribution in [0.2, 0.25) is 0 Å². The van der Waals surface area contributed by atoms with Gasteiger partial charge in [-0.3, -0.25) is 4.99 Å². The zero-order valence-electron chi connectivity index (χ0n) is 13.6. The molecule has 1 aromatic carbocycles. The largest absolute Gasteiger partial charge is 0.497 e. The molecule has 1 aromatic rings. The Kier molecular flexibility index (Phi) is 6.49. The summed E-state index contributed by atoms with van der Waals surface area (Å²) in [6, 6.07) is 8.19. The van der Waals surface area contributed by atoms with Crippen LogP contribution in [0.25, 0.3) is 0 Å². The van der Waals surface area contributed by atoms with E-state index in [4.69, 9.17) is 15.2 Å². The minimum absolute atomic E-state index is 0.0942. The topological polar surface area (TPSA) is 68.9 Å². The lowest BCUT2D eigenvalue weighted by molar-refractivity contribution is 0.179. The summed E-state index contributed by atoms with van der Waals surface area (Å²) in [7, 11) is 3.33. The molecule has 5 heteroatoms. The van der Waals surface area contributed by atoms with Crippen LogP contribution in [0.3, 0.4) is 0 Å². The average Bonchev–Trinajstić information content (AvgIpc) is 2.45. The molecule has 0 saturated carbocycles. The predicted octanol–water partition coefficient (Wildman–Crippen LogP) is 1.91. The van der Waals surface area contributed by atoms with Gasteiger partial charge >= 0.3 is 0 Å². The Hall–Kier alpha value is -1.75. The number of rotatable bonds is 7. The number of benzene rings is 1. The van der Waals surface area contributed by atoms with E-state index in [0.717, 1.165) is 5.75 Å². The van der Waals surface area contributed by atoms with Crippen molar-refractivity contribution < 1.29 is 9.47 Å². The maximum atomic E-state index is 5.90. The van der Waals surface area contributed by atoms with Crippen molar-refractivity contribution in [2.24, 2.45) is 10.7 Å². The van der Waals surface area contributed by atoms with Crippen molar-refractivity contribution >= 4 is 5.96 Å². The summed E-state index contributed by atoms with van der Waals surface area (Å²) in [5.41, 5.74) is 7.00. The van der Waals surface area contributed by atoms with Crippen LogP contribution in [0.5, 0.6) is 5.75 Å². The van der Waals surface area contributed by atoms with Crippen LogP contribution in [0.1, 0.15) is 26.3 Å². The van der Waals surface area contributed by atoms with E-state index in [1.54, 1.807) is 14.2 Å². The first kappa shape index (κ1) is 17.3. The van der Waals surface area contributed by atoms with Gasteiger partial charge in [0.2, 0.25) is 0 Å². The molecular weight excluding hydrogens is 266 g/mol. The van der Waals surface area contributed by atoms with E-state index in [0.29, 0.717) is 19.1 Å². The van der Waals surface area contributed by atoms with E-state index < -0.39 is 0 Å². The highest BCUT2D eigenvalue weighted by molar-refractivity contribution is 5.78. The van der Waals surface area contributed by atoms with Crippen molar-refractivity contribution in [1.82, 2.24) is 5.32 Å². The molecule has 0 aliphatic rings. The molecule has 3 N–H and O–H groups in total. The predicted molar refractivity (Wildman–Crippen MR) is 87.0 cm³/mol. The third-order valence-corrected chi connectivity index (χ3v) is 3.33. The van der Waals surface area contributed by atoms with Gasteiger partial charge in [0, 0.05) is 18.6 Å². The Morgan fingerprint density at radius 3 is 2.43 bits per heavy atom. The fourth-order valence-corrected chi connectivity index (χ4v) is 2.01. The van der Waals surface area contributed by atoms with Crippen molar-refractivity contribution in [2.45, 2.75) is 32.2 Å². The third kappa shape index (κ3) is 5.63. The second-order valence-electron chi connectivity index (χ2n) is 5.81. The molecule has 5 nitrogen and oxygen atoms in total. The Labute approximate surface area is 127 Å². The first-order valence-corrected chi connectivity index (χ1v) is 7.09. The maximum Gasteiger partial charge on any atom is 0.188 e. The number of nitrogens with zero attached hydrogens (tertiary/aromatic N) is 1. The fraction of sp³-hybridized carbons (Fsp3) is 0.562. The van der Waals surface area contributed by atoms with Crippen molar-refractivity contribution in [2.75, 3.05) is 27.4 Å².